The highest BCUT2D eigenvalue weighted by Crippen LogP contribution is 2.26. The van der Waals surface area contributed by atoms with E-state index in [2.05, 4.69) is 5.10 Å². The number of aliphatic hydroxyl groups is 1. The Morgan fingerprint density at radius 3 is 2.56 bits per heavy atom. The number of aliphatic hydroxyl groups excluding tert-OH is 1. The minimum Gasteiger partial charge on any atom is -0.389 e. The normalized spacial score (nSPS) is 12.8. The van der Waals surface area contributed by atoms with E-state index in [1.54, 1.807) is 37.7 Å². The molecule has 0 spiro atoms. The van der Waals surface area contributed by atoms with Crippen molar-refractivity contribution >= 4 is 11.6 Å². The molecule has 96 valence electrons. The standard InChI is InChI=1S/C13H14ClFN2O/c1-7-4-13(10(9(3)18)5-12(7)15)17-6-11(14)8(2)16-17/h4-6,9,18H,1-3H3/t9-/m1/s1. The Hall–Kier alpha value is -1.39. The molecule has 1 aromatic carbocycles. The number of hydrogen-bond donors (Lipinski definition) is 1. The van der Waals surface area contributed by atoms with Gasteiger partial charge in [-0.25, -0.2) is 9.07 Å². The van der Waals surface area contributed by atoms with Crippen LogP contribution in [0.5, 0.6) is 0 Å². The maximum absolute atomic E-state index is 13.6. The Balaban J connectivity index is 2.65. The molecule has 2 rings (SSSR count). The summed E-state index contributed by atoms with van der Waals surface area (Å²) in [5.41, 5.74) is 2.31. The topological polar surface area (TPSA) is 38.0 Å². The summed E-state index contributed by atoms with van der Waals surface area (Å²) in [7, 11) is 0. The zero-order valence-corrected chi connectivity index (χ0v) is 11.2. The van der Waals surface area contributed by atoms with E-state index in [0.29, 0.717) is 27.5 Å². The molecule has 1 aromatic heterocycles. The maximum Gasteiger partial charge on any atom is 0.126 e. The van der Waals surface area contributed by atoms with Gasteiger partial charge in [0.25, 0.3) is 0 Å². The van der Waals surface area contributed by atoms with E-state index >= 15 is 0 Å². The Kier molecular flexibility index (Phi) is 3.41. The summed E-state index contributed by atoms with van der Waals surface area (Å²) in [5.74, 6) is -0.343. The quantitative estimate of drug-likeness (QED) is 0.907. The summed E-state index contributed by atoms with van der Waals surface area (Å²) in [4.78, 5) is 0. The van der Waals surface area contributed by atoms with Gasteiger partial charge in [-0.15, -0.1) is 0 Å². The Bertz CT molecular complexity index is 573. The van der Waals surface area contributed by atoms with Gasteiger partial charge in [-0.2, -0.15) is 5.10 Å². The summed E-state index contributed by atoms with van der Waals surface area (Å²) < 4.78 is 15.1. The molecule has 0 saturated carbocycles. The summed E-state index contributed by atoms with van der Waals surface area (Å²) in [6.45, 7) is 5.05. The molecule has 0 bridgehead atoms. The fourth-order valence-corrected chi connectivity index (χ4v) is 1.91. The molecule has 0 radical (unpaired) electrons. The first kappa shape index (κ1) is 13.1. The van der Waals surface area contributed by atoms with Gasteiger partial charge in [0.1, 0.15) is 5.82 Å². The van der Waals surface area contributed by atoms with Crippen LogP contribution in [0.15, 0.2) is 18.3 Å². The molecule has 0 aliphatic heterocycles. The lowest BCUT2D eigenvalue weighted by atomic mass is 10.1. The van der Waals surface area contributed by atoms with Crippen molar-refractivity contribution in [2.45, 2.75) is 26.9 Å². The van der Waals surface area contributed by atoms with Crippen LogP contribution in [0.1, 0.15) is 29.8 Å². The number of benzene rings is 1. The highest BCUT2D eigenvalue weighted by Gasteiger charge is 2.15. The van der Waals surface area contributed by atoms with Crippen LogP contribution in [-0.4, -0.2) is 14.9 Å². The van der Waals surface area contributed by atoms with Gasteiger partial charge in [0.15, 0.2) is 0 Å². The number of hydrogen-bond acceptors (Lipinski definition) is 2. The zero-order valence-electron chi connectivity index (χ0n) is 10.4. The molecule has 1 atom stereocenters. The van der Waals surface area contributed by atoms with Gasteiger partial charge < -0.3 is 5.11 Å². The van der Waals surface area contributed by atoms with Crippen LogP contribution in [0, 0.1) is 19.7 Å². The van der Waals surface area contributed by atoms with E-state index in [1.807, 2.05) is 0 Å². The second-order valence-electron chi connectivity index (χ2n) is 4.34. The van der Waals surface area contributed by atoms with Crippen LogP contribution in [0.25, 0.3) is 5.69 Å². The predicted octanol–water partition coefficient (Wildman–Crippen LogP) is 3.33. The van der Waals surface area contributed by atoms with Crippen molar-refractivity contribution in [1.82, 2.24) is 9.78 Å². The van der Waals surface area contributed by atoms with Crippen molar-refractivity contribution in [2.24, 2.45) is 0 Å². The zero-order chi connectivity index (χ0) is 13.4. The average Bonchev–Trinajstić information content (AvgIpc) is 2.62. The van der Waals surface area contributed by atoms with E-state index in [4.69, 9.17) is 11.6 Å². The molecule has 0 unspecified atom stereocenters. The SMILES string of the molecule is Cc1cc(-n2cc(Cl)c(C)n2)c([C@@H](C)O)cc1F. The highest BCUT2D eigenvalue weighted by molar-refractivity contribution is 6.31. The monoisotopic (exact) mass is 268 g/mol. The third-order valence-electron chi connectivity index (χ3n) is 2.84. The second-order valence-corrected chi connectivity index (χ2v) is 4.75. The van der Waals surface area contributed by atoms with E-state index in [-0.39, 0.29) is 5.82 Å². The van der Waals surface area contributed by atoms with Gasteiger partial charge in [-0.05, 0) is 38.5 Å². The van der Waals surface area contributed by atoms with E-state index < -0.39 is 6.10 Å². The van der Waals surface area contributed by atoms with Gasteiger partial charge >= 0.3 is 0 Å². The Labute approximate surface area is 110 Å². The van der Waals surface area contributed by atoms with Gasteiger partial charge in [0, 0.05) is 11.8 Å². The molecule has 0 saturated heterocycles. The van der Waals surface area contributed by atoms with Crippen molar-refractivity contribution in [3.8, 4) is 5.69 Å². The lowest BCUT2D eigenvalue weighted by Gasteiger charge is -2.13. The molecular formula is C13H14ClFN2O. The van der Waals surface area contributed by atoms with Crippen molar-refractivity contribution in [3.05, 3.63) is 46.0 Å². The molecule has 2 aromatic rings. The number of nitrogens with zero attached hydrogens (tertiary/aromatic N) is 2. The number of aryl methyl sites for hydroxylation is 2. The van der Waals surface area contributed by atoms with E-state index in [1.165, 1.54) is 6.07 Å². The number of halogens is 2. The molecular weight excluding hydrogens is 255 g/mol. The lowest BCUT2D eigenvalue weighted by molar-refractivity contribution is 0.198. The highest BCUT2D eigenvalue weighted by atomic mass is 35.5. The largest absolute Gasteiger partial charge is 0.389 e. The third kappa shape index (κ3) is 2.26. The van der Waals surface area contributed by atoms with Crippen molar-refractivity contribution in [1.29, 1.82) is 0 Å². The first-order valence-corrected chi connectivity index (χ1v) is 5.98. The van der Waals surface area contributed by atoms with E-state index in [0.717, 1.165) is 0 Å². The van der Waals surface area contributed by atoms with Gasteiger partial charge in [0.2, 0.25) is 0 Å². The summed E-state index contributed by atoms with van der Waals surface area (Å²) >= 11 is 5.96. The molecule has 0 amide bonds. The van der Waals surface area contributed by atoms with E-state index in [9.17, 15) is 9.50 Å². The van der Waals surface area contributed by atoms with Gasteiger partial charge in [0.05, 0.1) is 22.5 Å². The molecule has 1 heterocycles. The van der Waals surface area contributed by atoms with Gasteiger partial charge in [-0.3, -0.25) is 0 Å². The number of aromatic nitrogens is 2. The first-order valence-electron chi connectivity index (χ1n) is 5.60. The molecule has 5 heteroatoms. The van der Waals surface area contributed by atoms with Crippen LogP contribution >= 0.6 is 11.6 Å². The molecule has 18 heavy (non-hydrogen) atoms. The second kappa shape index (κ2) is 4.71. The van der Waals surface area contributed by atoms with Crippen molar-refractivity contribution in [2.75, 3.05) is 0 Å². The van der Waals surface area contributed by atoms with Gasteiger partial charge in [-0.1, -0.05) is 11.6 Å². The van der Waals surface area contributed by atoms with Crippen molar-refractivity contribution < 1.29 is 9.50 Å². The fraction of sp³-hybridized carbons (Fsp3) is 0.308. The predicted molar refractivity (Wildman–Crippen MR) is 68.6 cm³/mol. The minimum absolute atomic E-state index is 0.343. The van der Waals surface area contributed by atoms with Crippen LogP contribution in [0.4, 0.5) is 4.39 Å². The first-order chi connectivity index (χ1) is 8.40. The van der Waals surface area contributed by atoms with Crippen LogP contribution in [0.2, 0.25) is 5.02 Å². The smallest absolute Gasteiger partial charge is 0.126 e. The van der Waals surface area contributed by atoms with Crippen LogP contribution < -0.4 is 0 Å². The average molecular weight is 269 g/mol. The van der Waals surface area contributed by atoms with Crippen LogP contribution in [0.3, 0.4) is 0 Å². The number of rotatable bonds is 2. The summed E-state index contributed by atoms with van der Waals surface area (Å²) in [6.07, 6.45) is 0.869. The third-order valence-corrected chi connectivity index (χ3v) is 3.21. The lowest BCUT2D eigenvalue weighted by Crippen LogP contribution is -2.05. The fourth-order valence-electron chi connectivity index (χ4n) is 1.78. The summed E-state index contributed by atoms with van der Waals surface area (Å²) in [5, 5.41) is 14.5. The molecule has 1 N–H and O–H groups in total. The van der Waals surface area contributed by atoms with Crippen LogP contribution in [-0.2, 0) is 0 Å². The maximum atomic E-state index is 13.6. The Morgan fingerprint density at radius 2 is 2.06 bits per heavy atom. The molecule has 3 nitrogen and oxygen atoms in total. The Morgan fingerprint density at radius 1 is 1.39 bits per heavy atom. The molecule has 0 aliphatic carbocycles. The molecule has 0 aliphatic rings. The minimum atomic E-state index is -0.779. The molecule has 0 fully saturated rings. The van der Waals surface area contributed by atoms with Crippen molar-refractivity contribution in [3.63, 3.8) is 0 Å². The summed E-state index contributed by atoms with van der Waals surface area (Å²) in [6, 6.07) is 2.99.